The number of nitrogens with two attached hydrogens (primary N) is 1. The number of likely N-dealkylation sites (N-methyl/N-ethyl adjacent to an activating group) is 1. The number of Topliss-reactive ketones (excluding diaryl/α,β-unsaturated/α-hetero) is 4. The highest BCUT2D eigenvalue weighted by Crippen LogP contribution is 2.55. The van der Waals surface area contributed by atoms with Gasteiger partial charge in [-0.2, -0.15) is 0 Å². The molecule has 10 nitrogen and oxygen atoms in total. The molecule has 2 fully saturated rings. The van der Waals surface area contributed by atoms with Gasteiger partial charge in [-0.25, -0.2) is 0 Å². The minimum absolute atomic E-state index is 0.117. The van der Waals surface area contributed by atoms with Crippen molar-refractivity contribution in [3.8, 4) is 5.75 Å². The zero-order chi connectivity index (χ0) is 23.9. The van der Waals surface area contributed by atoms with Gasteiger partial charge >= 0.3 is 0 Å². The molecule has 0 heterocycles. The van der Waals surface area contributed by atoms with Gasteiger partial charge in [-0.1, -0.05) is 12.1 Å². The summed E-state index contributed by atoms with van der Waals surface area (Å²) in [6, 6.07) is 2.91. The summed E-state index contributed by atoms with van der Waals surface area (Å²) in [4.78, 5) is 66.4. The van der Waals surface area contributed by atoms with Crippen LogP contribution in [0.4, 0.5) is 0 Å². The monoisotopic (exact) mass is 444 g/mol. The Bertz CT molecular complexity index is 1090. The van der Waals surface area contributed by atoms with E-state index in [-0.39, 0.29) is 17.5 Å². The van der Waals surface area contributed by atoms with Crippen LogP contribution in [0.15, 0.2) is 18.2 Å². The molecule has 10 heteroatoms. The third-order valence-corrected chi connectivity index (χ3v) is 7.38. The third kappa shape index (κ3) is 2.54. The molecule has 7 atom stereocenters. The number of phenols is 1. The van der Waals surface area contributed by atoms with Gasteiger partial charge in [-0.15, -0.1) is 0 Å². The van der Waals surface area contributed by atoms with Crippen LogP contribution < -0.4 is 5.73 Å². The largest absolute Gasteiger partial charge is 0.507 e. The molecular weight excluding hydrogens is 420 g/mol. The van der Waals surface area contributed by atoms with Crippen molar-refractivity contribution in [2.45, 2.75) is 30.6 Å². The molecule has 0 bridgehead atoms. The number of carbonyl (C=O) groups excluding carboxylic acids is 5. The summed E-state index contributed by atoms with van der Waals surface area (Å²) in [6.07, 6.45) is -0.230. The number of hydrogen-bond acceptors (Lipinski definition) is 9. The van der Waals surface area contributed by atoms with Crippen LogP contribution in [0, 0.1) is 23.7 Å². The molecule has 4 rings (SSSR count). The van der Waals surface area contributed by atoms with Crippen LogP contribution >= 0.6 is 0 Å². The number of carbonyl (C=O) groups is 5. The highest BCUT2D eigenvalue weighted by atomic mass is 16.3. The second kappa shape index (κ2) is 6.77. The molecule has 0 saturated heterocycles. The first-order chi connectivity index (χ1) is 14.8. The molecule has 3 aliphatic carbocycles. The number of aromatic hydroxyl groups is 1. The molecule has 0 radical (unpaired) electrons. The van der Waals surface area contributed by atoms with E-state index in [1.54, 1.807) is 0 Å². The second-order valence-electron chi connectivity index (χ2n) is 9.28. The first-order valence-corrected chi connectivity index (χ1v) is 10.2. The summed E-state index contributed by atoms with van der Waals surface area (Å²) in [5.74, 6) is -12.0. The van der Waals surface area contributed by atoms with E-state index in [9.17, 15) is 39.3 Å². The summed E-state index contributed by atoms with van der Waals surface area (Å²) in [5.41, 5.74) is 0.511. The number of aliphatic hydroxyl groups is 2. The number of phenolic OH excluding ortho intramolecular Hbond substituents is 1. The van der Waals surface area contributed by atoms with E-state index in [1.165, 1.54) is 44.1 Å². The number of rotatable bonds is 2. The third-order valence-electron chi connectivity index (χ3n) is 7.38. The Morgan fingerprint density at radius 3 is 2.28 bits per heavy atom. The van der Waals surface area contributed by atoms with Crippen molar-refractivity contribution in [3.05, 3.63) is 29.3 Å². The summed E-state index contributed by atoms with van der Waals surface area (Å²) in [5, 5.41) is 33.1. The molecule has 0 aromatic heterocycles. The van der Waals surface area contributed by atoms with Gasteiger partial charge in [0.05, 0.1) is 23.1 Å². The lowest BCUT2D eigenvalue weighted by atomic mass is 9.49. The normalized spacial score (nSPS) is 38.9. The number of amides is 1. The molecule has 1 amide bonds. The number of ketones is 4. The molecule has 0 aliphatic heterocycles. The Kier molecular flexibility index (Phi) is 4.71. The summed E-state index contributed by atoms with van der Waals surface area (Å²) in [7, 11) is 2.98. The van der Waals surface area contributed by atoms with Crippen LogP contribution in [0.1, 0.15) is 29.3 Å². The smallest absolute Gasteiger partial charge is 0.235 e. The van der Waals surface area contributed by atoms with E-state index in [2.05, 4.69) is 0 Å². The zero-order valence-corrected chi connectivity index (χ0v) is 17.7. The average molecular weight is 444 g/mol. The number of nitrogens with zero attached hydrogens (tertiary/aromatic N) is 1. The Morgan fingerprint density at radius 1 is 1.09 bits per heavy atom. The van der Waals surface area contributed by atoms with E-state index in [0.29, 0.717) is 0 Å². The van der Waals surface area contributed by atoms with Crippen molar-refractivity contribution in [2.75, 3.05) is 14.1 Å². The summed E-state index contributed by atoms with van der Waals surface area (Å²) < 4.78 is 0. The maximum absolute atomic E-state index is 13.6. The Balaban J connectivity index is 1.95. The molecule has 2 unspecified atom stereocenters. The standard InChI is InChI=1S/C22H24N2O8/c1-21(31)8-5-4-6-11(25)12(8)16(26)13-9(21)7-10-15(24(2)3)17(27)14(20(23)30)19(29)22(10,32)18(13)28/h4-6,9-10,13-15,25,31-32H,7H2,1-3H3,(H2,23,30)/t9-,10-,13?,14?,15-,21-,22-/m0/s1. The highest BCUT2D eigenvalue weighted by Gasteiger charge is 2.71. The maximum Gasteiger partial charge on any atom is 0.235 e. The molecule has 0 spiro atoms. The van der Waals surface area contributed by atoms with E-state index in [4.69, 9.17) is 5.73 Å². The predicted octanol–water partition coefficient (Wildman–Crippen LogP) is -1.47. The van der Waals surface area contributed by atoms with Crippen LogP contribution in [-0.2, 0) is 24.8 Å². The Morgan fingerprint density at radius 2 is 1.72 bits per heavy atom. The predicted molar refractivity (Wildman–Crippen MR) is 107 cm³/mol. The van der Waals surface area contributed by atoms with Crippen molar-refractivity contribution in [1.82, 2.24) is 4.90 Å². The fourth-order valence-corrected chi connectivity index (χ4v) is 5.88. The van der Waals surface area contributed by atoms with Crippen LogP contribution in [-0.4, -0.2) is 75.0 Å². The van der Waals surface area contributed by atoms with Gasteiger partial charge in [0.2, 0.25) is 5.91 Å². The topological polar surface area (TPSA) is 175 Å². The van der Waals surface area contributed by atoms with Gasteiger partial charge in [0.15, 0.2) is 34.7 Å². The molecule has 170 valence electrons. The zero-order valence-electron chi connectivity index (χ0n) is 17.7. The van der Waals surface area contributed by atoms with Gasteiger partial charge in [0, 0.05) is 11.8 Å². The second-order valence-corrected chi connectivity index (χ2v) is 9.28. The van der Waals surface area contributed by atoms with Gasteiger partial charge < -0.3 is 21.1 Å². The van der Waals surface area contributed by atoms with Crippen molar-refractivity contribution < 1.29 is 39.3 Å². The number of fused-ring (bicyclic) bond motifs is 3. The molecular formula is C22H24N2O8. The first kappa shape index (κ1) is 22.3. The minimum Gasteiger partial charge on any atom is -0.507 e. The van der Waals surface area contributed by atoms with E-state index < -0.39 is 75.7 Å². The van der Waals surface area contributed by atoms with Crippen molar-refractivity contribution >= 4 is 29.0 Å². The number of primary amides is 1. The lowest BCUT2D eigenvalue weighted by Gasteiger charge is -2.55. The van der Waals surface area contributed by atoms with Crippen LogP contribution in [0.3, 0.4) is 0 Å². The SMILES string of the molecule is CN(C)[C@@H]1C(=O)C(C(N)=O)C(=O)[C@@]2(O)C(=O)C3C(=O)c4c(O)cccc4[C@](C)(O)[C@H]3C[C@@H]12. The lowest BCUT2D eigenvalue weighted by molar-refractivity contribution is -0.188. The van der Waals surface area contributed by atoms with Crippen LogP contribution in [0.2, 0.25) is 0 Å². The van der Waals surface area contributed by atoms with Gasteiger partial charge in [0.1, 0.15) is 5.75 Å². The lowest BCUT2D eigenvalue weighted by Crippen LogP contribution is -2.75. The van der Waals surface area contributed by atoms with Crippen LogP contribution in [0.5, 0.6) is 5.75 Å². The molecule has 2 saturated carbocycles. The first-order valence-electron chi connectivity index (χ1n) is 10.2. The molecule has 1 aromatic carbocycles. The molecule has 32 heavy (non-hydrogen) atoms. The van der Waals surface area contributed by atoms with E-state index in [1.807, 2.05) is 0 Å². The fourth-order valence-electron chi connectivity index (χ4n) is 5.88. The van der Waals surface area contributed by atoms with Gasteiger partial charge in [-0.05, 0) is 39.1 Å². The van der Waals surface area contributed by atoms with E-state index >= 15 is 0 Å². The molecule has 3 aliphatic rings. The molecule has 5 N–H and O–H groups in total. The molecule has 1 aromatic rings. The van der Waals surface area contributed by atoms with Crippen molar-refractivity contribution in [2.24, 2.45) is 29.4 Å². The Hall–Kier alpha value is -2.95. The van der Waals surface area contributed by atoms with Crippen LogP contribution in [0.25, 0.3) is 0 Å². The van der Waals surface area contributed by atoms with Crippen molar-refractivity contribution in [1.29, 1.82) is 0 Å². The fraction of sp³-hybridized carbons (Fsp3) is 0.500. The Labute approximate surface area is 183 Å². The number of hydrogen-bond donors (Lipinski definition) is 4. The average Bonchev–Trinajstić information content (AvgIpc) is 2.68. The van der Waals surface area contributed by atoms with Gasteiger partial charge in [-0.3, -0.25) is 28.9 Å². The summed E-state index contributed by atoms with van der Waals surface area (Å²) >= 11 is 0. The quantitative estimate of drug-likeness (QED) is 0.397. The van der Waals surface area contributed by atoms with E-state index in [0.717, 1.165) is 0 Å². The minimum atomic E-state index is -2.82. The highest BCUT2D eigenvalue weighted by molar-refractivity contribution is 6.32. The number of benzene rings is 1. The van der Waals surface area contributed by atoms with Crippen molar-refractivity contribution in [3.63, 3.8) is 0 Å². The summed E-state index contributed by atoms with van der Waals surface area (Å²) in [6.45, 7) is 1.39. The maximum atomic E-state index is 13.6. The van der Waals surface area contributed by atoms with Gasteiger partial charge in [0.25, 0.3) is 0 Å².